The van der Waals surface area contributed by atoms with E-state index in [4.69, 9.17) is 4.74 Å². The van der Waals surface area contributed by atoms with Crippen LogP contribution in [0.25, 0.3) is 5.70 Å². The standard InChI is InChI=1S/C25H19BrN4O/c1-15-6-8-16(9-7-15)23-21-22(29-25-27-14-28-30(23)25)19-4-2-3-5-20(19)31-24(21)17-10-12-18(26)13-11-17/h2-14,23-24H,1H3,(H,27,28,29)/t23-,24+/m0/s1. The smallest absolute Gasteiger partial charge is 0.226 e. The number of fused-ring (bicyclic) bond motifs is 3. The molecule has 0 bridgehead atoms. The van der Waals surface area contributed by atoms with Crippen LogP contribution in [0, 0.1) is 6.92 Å². The highest BCUT2D eigenvalue weighted by Gasteiger charge is 2.40. The van der Waals surface area contributed by atoms with Gasteiger partial charge in [0.25, 0.3) is 0 Å². The Labute approximate surface area is 188 Å². The first-order valence-corrected chi connectivity index (χ1v) is 11.0. The van der Waals surface area contributed by atoms with E-state index < -0.39 is 0 Å². The molecule has 5 nitrogen and oxygen atoms in total. The summed E-state index contributed by atoms with van der Waals surface area (Å²) in [5.41, 5.74) is 6.67. The van der Waals surface area contributed by atoms with E-state index in [0.717, 1.165) is 44.1 Å². The lowest BCUT2D eigenvalue weighted by atomic mass is 9.84. The molecular weight excluding hydrogens is 452 g/mol. The summed E-state index contributed by atoms with van der Waals surface area (Å²) < 4.78 is 9.61. The summed E-state index contributed by atoms with van der Waals surface area (Å²) in [4.78, 5) is 4.48. The van der Waals surface area contributed by atoms with Crippen molar-refractivity contribution in [1.82, 2.24) is 14.8 Å². The van der Waals surface area contributed by atoms with Crippen LogP contribution in [0.1, 0.15) is 34.4 Å². The predicted molar refractivity (Wildman–Crippen MR) is 124 cm³/mol. The van der Waals surface area contributed by atoms with Crippen molar-refractivity contribution in [3.63, 3.8) is 0 Å². The Hall–Kier alpha value is -3.38. The van der Waals surface area contributed by atoms with E-state index in [-0.39, 0.29) is 12.1 Å². The molecule has 0 saturated heterocycles. The first-order valence-electron chi connectivity index (χ1n) is 10.2. The van der Waals surface area contributed by atoms with Gasteiger partial charge < -0.3 is 10.1 Å². The molecule has 0 spiro atoms. The molecule has 2 aliphatic heterocycles. The van der Waals surface area contributed by atoms with Gasteiger partial charge in [-0.15, -0.1) is 0 Å². The number of halogens is 1. The van der Waals surface area contributed by atoms with Crippen LogP contribution in [0.3, 0.4) is 0 Å². The molecule has 3 aromatic carbocycles. The lowest BCUT2D eigenvalue weighted by molar-refractivity contribution is 0.223. The molecule has 2 aliphatic rings. The van der Waals surface area contributed by atoms with Gasteiger partial charge in [-0.3, -0.25) is 0 Å². The number of hydrogen-bond acceptors (Lipinski definition) is 4. The fourth-order valence-electron chi connectivity index (χ4n) is 4.40. The Balaban J connectivity index is 1.62. The molecule has 4 aromatic rings. The van der Waals surface area contributed by atoms with Gasteiger partial charge in [-0.2, -0.15) is 10.1 Å². The van der Waals surface area contributed by atoms with Gasteiger partial charge in [-0.05, 0) is 42.3 Å². The first-order chi connectivity index (χ1) is 15.2. The summed E-state index contributed by atoms with van der Waals surface area (Å²) in [5, 5.41) is 8.11. The predicted octanol–water partition coefficient (Wildman–Crippen LogP) is 5.91. The minimum absolute atomic E-state index is 0.128. The molecule has 31 heavy (non-hydrogen) atoms. The van der Waals surface area contributed by atoms with E-state index in [1.165, 1.54) is 5.56 Å². The second-order valence-corrected chi connectivity index (χ2v) is 8.76. The quantitative estimate of drug-likeness (QED) is 0.395. The van der Waals surface area contributed by atoms with Gasteiger partial charge in [0.2, 0.25) is 5.95 Å². The number of anilines is 1. The van der Waals surface area contributed by atoms with Crippen molar-refractivity contribution in [2.75, 3.05) is 5.32 Å². The topological polar surface area (TPSA) is 52.0 Å². The number of benzene rings is 3. The van der Waals surface area contributed by atoms with Crippen molar-refractivity contribution in [2.45, 2.75) is 19.1 Å². The minimum atomic E-state index is -0.255. The van der Waals surface area contributed by atoms with Gasteiger partial charge in [0, 0.05) is 15.6 Å². The largest absolute Gasteiger partial charge is 0.480 e. The van der Waals surface area contributed by atoms with Gasteiger partial charge in [-0.1, -0.05) is 70.0 Å². The lowest BCUT2D eigenvalue weighted by Gasteiger charge is -2.39. The van der Waals surface area contributed by atoms with Crippen LogP contribution in [0.2, 0.25) is 0 Å². The van der Waals surface area contributed by atoms with Gasteiger partial charge >= 0.3 is 0 Å². The molecule has 6 heteroatoms. The van der Waals surface area contributed by atoms with Crippen molar-refractivity contribution in [3.8, 4) is 5.75 Å². The summed E-state index contributed by atoms with van der Waals surface area (Å²) in [6.45, 7) is 2.10. The zero-order chi connectivity index (χ0) is 20.9. The third-order valence-corrected chi connectivity index (χ3v) is 6.42. The third kappa shape index (κ3) is 2.98. The maximum absolute atomic E-state index is 6.62. The Kier molecular flexibility index (Phi) is 4.21. The van der Waals surface area contributed by atoms with Crippen LogP contribution in [0.5, 0.6) is 5.75 Å². The molecule has 0 fully saturated rings. The van der Waals surface area contributed by atoms with Crippen molar-refractivity contribution in [3.05, 3.63) is 111 Å². The number of nitrogens with one attached hydrogen (secondary N) is 1. The molecule has 6 rings (SSSR count). The molecule has 1 N–H and O–H groups in total. The zero-order valence-electron chi connectivity index (χ0n) is 16.8. The van der Waals surface area contributed by atoms with Crippen LogP contribution in [-0.4, -0.2) is 14.8 Å². The number of nitrogens with zero attached hydrogens (tertiary/aromatic N) is 3. The van der Waals surface area contributed by atoms with Crippen LogP contribution >= 0.6 is 15.9 Å². The van der Waals surface area contributed by atoms with Crippen molar-refractivity contribution >= 4 is 27.6 Å². The molecule has 1 aromatic heterocycles. The Morgan fingerprint density at radius 1 is 0.935 bits per heavy atom. The van der Waals surface area contributed by atoms with Gasteiger partial charge in [-0.25, -0.2) is 4.68 Å². The van der Waals surface area contributed by atoms with Crippen LogP contribution in [0.4, 0.5) is 5.95 Å². The average molecular weight is 471 g/mol. The number of para-hydroxylation sites is 1. The van der Waals surface area contributed by atoms with E-state index >= 15 is 0 Å². The number of aryl methyl sites for hydroxylation is 1. The summed E-state index contributed by atoms with van der Waals surface area (Å²) in [6, 6.07) is 25.0. The molecule has 152 valence electrons. The monoisotopic (exact) mass is 470 g/mol. The molecule has 2 atom stereocenters. The number of hydrogen-bond donors (Lipinski definition) is 1. The van der Waals surface area contributed by atoms with E-state index in [9.17, 15) is 0 Å². The maximum atomic E-state index is 6.62. The molecule has 0 unspecified atom stereocenters. The summed E-state index contributed by atoms with van der Waals surface area (Å²) in [5.74, 6) is 1.59. The highest BCUT2D eigenvalue weighted by molar-refractivity contribution is 9.10. The van der Waals surface area contributed by atoms with Crippen molar-refractivity contribution in [1.29, 1.82) is 0 Å². The molecular formula is C25H19BrN4O. The molecule has 3 heterocycles. The van der Waals surface area contributed by atoms with Gasteiger partial charge in [0.05, 0.1) is 5.70 Å². The molecule has 0 radical (unpaired) electrons. The van der Waals surface area contributed by atoms with Crippen LogP contribution < -0.4 is 10.1 Å². The SMILES string of the molecule is Cc1ccc([C@H]2C3=C(Nc4ncnn42)c2ccccc2O[C@@H]3c2ccc(Br)cc2)cc1. The highest BCUT2D eigenvalue weighted by atomic mass is 79.9. The Morgan fingerprint density at radius 2 is 1.68 bits per heavy atom. The van der Waals surface area contributed by atoms with E-state index in [1.54, 1.807) is 6.33 Å². The Morgan fingerprint density at radius 3 is 2.48 bits per heavy atom. The summed E-state index contributed by atoms with van der Waals surface area (Å²) in [6.07, 6.45) is 1.35. The van der Waals surface area contributed by atoms with Gasteiger partial charge in [0.15, 0.2) is 0 Å². The van der Waals surface area contributed by atoms with Crippen molar-refractivity contribution < 1.29 is 4.74 Å². The fourth-order valence-corrected chi connectivity index (χ4v) is 4.66. The van der Waals surface area contributed by atoms with E-state index in [0.29, 0.717) is 0 Å². The number of aromatic nitrogens is 3. The Bertz CT molecular complexity index is 1310. The van der Waals surface area contributed by atoms with Crippen LogP contribution in [-0.2, 0) is 0 Å². The summed E-state index contributed by atoms with van der Waals surface area (Å²) >= 11 is 3.55. The zero-order valence-corrected chi connectivity index (χ0v) is 18.4. The normalized spacial score (nSPS) is 19.0. The van der Waals surface area contributed by atoms with E-state index in [2.05, 4.69) is 92.9 Å². The summed E-state index contributed by atoms with van der Waals surface area (Å²) in [7, 11) is 0. The molecule has 0 aliphatic carbocycles. The molecule has 0 saturated carbocycles. The van der Waals surface area contributed by atoms with Gasteiger partial charge in [0.1, 0.15) is 24.2 Å². The maximum Gasteiger partial charge on any atom is 0.226 e. The number of rotatable bonds is 2. The second kappa shape index (κ2) is 7.10. The number of ether oxygens (including phenoxy) is 1. The van der Waals surface area contributed by atoms with Crippen molar-refractivity contribution in [2.24, 2.45) is 0 Å². The lowest BCUT2D eigenvalue weighted by Crippen LogP contribution is -2.32. The fraction of sp³-hybridized carbons (Fsp3) is 0.120. The van der Waals surface area contributed by atoms with E-state index in [1.807, 2.05) is 22.9 Å². The first kappa shape index (κ1) is 18.4. The minimum Gasteiger partial charge on any atom is -0.480 e. The third-order valence-electron chi connectivity index (χ3n) is 5.89. The van der Waals surface area contributed by atoms with Crippen LogP contribution in [0.15, 0.2) is 89.2 Å². The highest BCUT2D eigenvalue weighted by Crippen LogP contribution is 2.50. The second-order valence-electron chi connectivity index (χ2n) is 7.84. The molecule has 0 amide bonds. The average Bonchev–Trinajstić information content (AvgIpc) is 3.27.